The number of carbonyl (C=O) groups excluding carboxylic acids is 1. The van der Waals surface area contributed by atoms with Crippen LogP contribution in [0.5, 0.6) is 0 Å². The molecule has 0 bridgehead atoms. The molecule has 2 aliphatic rings. The molecule has 3 rings (SSSR count). The molecule has 22 heavy (non-hydrogen) atoms. The number of urea groups is 1. The fraction of sp³-hybridized carbons (Fsp3) is 0.625. The summed E-state index contributed by atoms with van der Waals surface area (Å²) in [6, 6.07) is 4.15. The van der Waals surface area contributed by atoms with E-state index in [2.05, 4.69) is 21.3 Å². The van der Waals surface area contributed by atoms with Gasteiger partial charge in [0.1, 0.15) is 5.82 Å². The normalized spacial score (nSPS) is 19.1. The molecule has 0 saturated carbocycles. The average molecular weight is 320 g/mol. The van der Waals surface area contributed by atoms with Crippen molar-refractivity contribution in [1.82, 2.24) is 15.2 Å². The molecule has 0 radical (unpaired) electrons. The summed E-state index contributed by atoms with van der Waals surface area (Å²) in [4.78, 5) is 20.9. The molecule has 120 valence electrons. The first-order valence-corrected chi connectivity index (χ1v) is 9.29. The minimum Gasteiger partial charge on any atom is -0.357 e. The molecule has 5 nitrogen and oxygen atoms in total. The van der Waals surface area contributed by atoms with Crippen LogP contribution in [0.3, 0.4) is 0 Å². The summed E-state index contributed by atoms with van der Waals surface area (Å²) < 4.78 is 0. The number of hydrogen-bond donors (Lipinski definition) is 1. The maximum Gasteiger partial charge on any atom is 0.317 e. The van der Waals surface area contributed by atoms with Gasteiger partial charge < -0.3 is 15.1 Å². The van der Waals surface area contributed by atoms with Gasteiger partial charge in [-0.15, -0.1) is 0 Å². The summed E-state index contributed by atoms with van der Waals surface area (Å²) in [5.41, 5.74) is 1.12. The maximum atomic E-state index is 12.1. The first kappa shape index (κ1) is 15.5. The van der Waals surface area contributed by atoms with Gasteiger partial charge in [0.2, 0.25) is 0 Å². The predicted molar refractivity (Wildman–Crippen MR) is 91.4 cm³/mol. The van der Waals surface area contributed by atoms with Crippen LogP contribution in [0.4, 0.5) is 10.6 Å². The van der Waals surface area contributed by atoms with Crippen LogP contribution in [0, 0.1) is 0 Å². The van der Waals surface area contributed by atoms with Gasteiger partial charge in [0, 0.05) is 50.4 Å². The molecule has 2 aliphatic heterocycles. The second-order valence-electron chi connectivity index (χ2n) is 5.83. The van der Waals surface area contributed by atoms with Gasteiger partial charge in [0.05, 0.1) is 0 Å². The lowest BCUT2D eigenvalue weighted by Crippen LogP contribution is -2.44. The molecule has 1 aromatic rings. The lowest BCUT2D eigenvalue weighted by atomic mass is 10.1. The Labute approximate surface area is 136 Å². The van der Waals surface area contributed by atoms with Gasteiger partial charge in [-0.05, 0) is 37.0 Å². The highest BCUT2D eigenvalue weighted by Crippen LogP contribution is 2.18. The Bertz CT molecular complexity index is 499. The number of nitrogens with one attached hydrogen (secondary N) is 1. The van der Waals surface area contributed by atoms with Crippen molar-refractivity contribution in [2.45, 2.75) is 25.8 Å². The van der Waals surface area contributed by atoms with E-state index in [0.29, 0.717) is 6.54 Å². The molecule has 0 aromatic carbocycles. The molecule has 6 heteroatoms. The zero-order valence-corrected chi connectivity index (χ0v) is 13.8. The molecule has 2 fully saturated rings. The van der Waals surface area contributed by atoms with Crippen LogP contribution >= 0.6 is 11.8 Å². The molecule has 2 amide bonds. The van der Waals surface area contributed by atoms with Gasteiger partial charge in [-0.1, -0.05) is 0 Å². The quantitative estimate of drug-likeness (QED) is 0.928. The standard InChI is InChI=1S/C16H24N4OS/c21-16(20-8-10-22-11-9-20)18-13-14-4-5-17-15(12-14)19-6-2-1-3-7-19/h4-5,12H,1-3,6-11,13H2,(H,18,21). The summed E-state index contributed by atoms with van der Waals surface area (Å²) in [5.74, 6) is 3.13. The molecule has 2 saturated heterocycles. The van der Waals surface area contributed by atoms with E-state index in [-0.39, 0.29) is 6.03 Å². The van der Waals surface area contributed by atoms with Crippen LogP contribution in [0.25, 0.3) is 0 Å². The van der Waals surface area contributed by atoms with Crippen molar-refractivity contribution in [2.75, 3.05) is 42.6 Å². The zero-order valence-electron chi connectivity index (χ0n) is 13.0. The molecule has 3 heterocycles. The number of thioether (sulfide) groups is 1. The van der Waals surface area contributed by atoms with Crippen LogP contribution < -0.4 is 10.2 Å². The Morgan fingerprint density at radius 3 is 2.73 bits per heavy atom. The minimum absolute atomic E-state index is 0.0524. The fourth-order valence-corrected chi connectivity index (χ4v) is 3.83. The number of hydrogen-bond acceptors (Lipinski definition) is 4. The smallest absolute Gasteiger partial charge is 0.317 e. The third kappa shape index (κ3) is 4.06. The fourth-order valence-electron chi connectivity index (χ4n) is 2.92. The van der Waals surface area contributed by atoms with E-state index in [0.717, 1.165) is 49.1 Å². The van der Waals surface area contributed by atoms with Crippen molar-refractivity contribution in [3.63, 3.8) is 0 Å². The van der Waals surface area contributed by atoms with Gasteiger partial charge >= 0.3 is 6.03 Å². The van der Waals surface area contributed by atoms with E-state index in [4.69, 9.17) is 0 Å². The van der Waals surface area contributed by atoms with E-state index in [9.17, 15) is 4.79 Å². The molecule has 0 atom stereocenters. The summed E-state index contributed by atoms with van der Waals surface area (Å²) in [5, 5.41) is 3.03. The van der Waals surface area contributed by atoms with Gasteiger partial charge in [-0.25, -0.2) is 9.78 Å². The molecule has 0 aliphatic carbocycles. The second kappa shape index (κ2) is 7.72. The summed E-state index contributed by atoms with van der Waals surface area (Å²) in [6.07, 6.45) is 5.66. The first-order chi connectivity index (χ1) is 10.8. The van der Waals surface area contributed by atoms with Crippen LogP contribution in [-0.2, 0) is 6.54 Å². The number of nitrogens with zero attached hydrogens (tertiary/aromatic N) is 3. The molecular formula is C16H24N4OS. The van der Waals surface area contributed by atoms with E-state index in [1.54, 1.807) is 0 Å². The largest absolute Gasteiger partial charge is 0.357 e. The van der Waals surface area contributed by atoms with Crippen LogP contribution in [-0.4, -0.2) is 53.6 Å². The molecule has 0 spiro atoms. The summed E-state index contributed by atoms with van der Waals surface area (Å²) in [6.45, 7) is 4.46. The predicted octanol–water partition coefficient (Wildman–Crippen LogP) is 2.33. The Morgan fingerprint density at radius 1 is 1.18 bits per heavy atom. The monoisotopic (exact) mass is 320 g/mol. The molecule has 1 N–H and O–H groups in total. The topological polar surface area (TPSA) is 48.5 Å². The number of anilines is 1. The summed E-state index contributed by atoms with van der Waals surface area (Å²) >= 11 is 1.91. The van der Waals surface area contributed by atoms with E-state index in [1.807, 2.05) is 28.9 Å². The van der Waals surface area contributed by atoms with Crippen molar-refractivity contribution in [3.8, 4) is 0 Å². The van der Waals surface area contributed by atoms with E-state index in [1.165, 1.54) is 19.3 Å². The number of pyridine rings is 1. The first-order valence-electron chi connectivity index (χ1n) is 8.13. The lowest BCUT2D eigenvalue weighted by molar-refractivity contribution is 0.202. The average Bonchev–Trinajstić information content (AvgIpc) is 2.61. The lowest BCUT2D eigenvalue weighted by Gasteiger charge is -2.28. The van der Waals surface area contributed by atoms with Crippen molar-refractivity contribution >= 4 is 23.6 Å². The third-order valence-electron chi connectivity index (χ3n) is 4.23. The van der Waals surface area contributed by atoms with Crippen molar-refractivity contribution < 1.29 is 4.79 Å². The second-order valence-corrected chi connectivity index (χ2v) is 7.05. The maximum absolute atomic E-state index is 12.1. The highest BCUT2D eigenvalue weighted by molar-refractivity contribution is 7.99. The van der Waals surface area contributed by atoms with Crippen LogP contribution in [0.15, 0.2) is 18.3 Å². The van der Waals surface area contributed by atoms with Gasteiger partial charge in [0.25, 0.3) is 0 Å². The summed E-state index contributed by atoms with van der Waals surface area (Å²) in [7, 11) is 0. The highest BCUT2D eigenvalue weighted by Gasteiger charge is 2.16. The van der Waals surface area contributed by atoms with E-state index < -0.39 is 0 Å². The number of piperidine rings is 1. The SMILES string of the molecule is O=C(NCc1ccnc(N2CCCCC2)c1)N1CCSCC1. The highest BCUT2D eigenvalue weighted by atomic mass is 32.2. The van der Waals surface area contributed by atoms with Gasteiger partial charge in [-0.3, -0.25) is 0 Å². The zero-order chi connectivity index (χ0) is 15.2. The number of aromatic nitrogens is 1. The number of rotatable bonds is 3. The van der Waals surface area contributed by atoms with Crippen molar-refractivity contribution in [2.24, 2.45) is 0 Å². The Balaban J connectivity index is 1.54. The van der Waals surface area contributed by atoms with Gasteiger partial charge in [0.15, 0.2) is 0 Å². The van der Waals surface area contributed by atoms with Crippen LogP contribution in [0.2, 0.25) is 0 Å². The van der Waals surface area contributed by atoms with Crippen molar-refractivity contribution in [1.29, 1.82) is 0 Å². The third-order valence-corrected chi connectivity index (χ3v) is 5.17. The Hall–Kier alpha value is -1.43. The van der Waals surface area contributed by atoms with Gasteiger partial charge in [-0.2, -0.15) is 11.8 Å². The number of carbonyl (C=O) groups is 1. The Kier molecular flexibility index (Phi) is 5.43. The minimum atomic E-state index is 0.0524. The molecule has 1 aromatic heterocycles. The van der Waals surface area contributed by atoms with E-state index >= 15 is 0 Å². The molecule has 0 unspecified atom stereocenters. The van der Waals surface area contributed by atoms with Crippen molar-refractivity contribution in [3.05, 3.63) is 23.9 Å². The number of amides is 2. The molecular weight excluding hydrogens is 296 g/mol. The Morgan fingerprint density at radius 2 is 1.95 bits per heavy atom. The van der Waals surface area contributed by atoms with Crippen LogP contribution in [0.1, 0.15) is 24.8 Å².